The summed E-state index contributed by atoms with van der Waals surface area (Å²) in [7, 11) is 0. The number of anilines is 1. The van der Waals surface area contributed by atoms with Gasteiger partial charge < -0.3 is 5.73 Å². The van der Waals surface area contributed by atoms with Crippen LogP contribution >= 0.6 is 11.6 Å². The van der Waals surface area contributed by atoms with Crippen LogP contribution in [0.4, 0.5) is 5.69 Å². The summed E-state index contributed by atoms with van der Waals surface area (Å²) in [6, 6.07) is 12.3. The summed E-state index contributed by atoms with van der Waals surface area (Å²) >= 11 is 6.01. The highest BCUT2D eigenvalue weighted by molar-refractivity contribution is 6.35. The first-order chi connectivity index (χ1) is 8.11. The van der Waals surface area contributed by atoms with Gasteiger partial charge in [0.05, 0.1) is 5.02 Å². The molecular weight excluding hydrogens is 234 g/mol. The topological polar surface area (TPSA) is 43.1 Å². The zero-order valence-corrected chi connectivity index (χ0v) is 10.2. The fraction of sp³-hybridized carbons (Fsp3) is 0.0714. The van der Waals surface area contributed by atoms with E-state index in [2.05, 4.69) is 0 Å². The molecule has 0 amide bonds. The SMILES string of the molecule is Cc1c(N)cccc1C(=O)c1ccccc1Cl. The first-order valence-electron chi connectivity index (χ1n) is 5.25. The fourth-order valence-corrected chi connectivity index (χ4v) is 1.91. The smallest absolute Gasteiger partial charge is 0.194 e. The van der Waals surface area contributed by atoms with Crippen LogP contribution < -0.4 is 5.73 Å². The van der Waals surface area contributed by atoms with Crippen LogP contribution in [0.1, 0.15) is 21.5 Å². The van der Waals surface area contributed by atoms with Gasteiger partial charge in [0.15, 0.2) is 5.78 Å². The molecule has 0 saturated carbocycles. The number of carbonyl (C=O) groups excluding carboxylic acids is 1. The van der Waals surface area contributed by atoms with E-state index in [1.54, 1.807) is 42.5 Å². The van der Waals surface area contributed by atoms with Gasteiger partial charge in [-0.3, -0.25) is 4.79 Å². The average Bonchev–Trinajstić information content (AvgIpc) is 2.32. The van der Waals surface area contributed by atoms with Crippen molar-refractivity contribution >= 4 is 23.1 Å². The maximum atomic E-state index is 12.3. The highest BCUT2D eigenvalue weighted by Crippen LogP contribution is 2.23. The summed E-state index contributed by atoms with van der Waals surface area (Å²) in [5, 5.41) is 0.458. The quantitative estimate of drug-likeness (QED) is 0.650. The van der Waals surface area contributed by atoms with E-state index in [1.165, 1.54) is 0 Å². The van der Waals surface area contributed by atoms with E-state index in [0.717, 1.165) is 5.56 Å². The number of halogens is 1. The minimum Gasteiger partial charge on any atom is -0.398 e. The number of ketones is 1. The molecule has 0 aromatic heterocycles. The molecule has 0 bridgehead atoms. The normalized spacial score (nSPS) is 10.2. The summed E-state index contributed by atoms with van der Waals surface area (Å²) in [5.74, 6) is -0.0969. The number of nitrogen functional groups attached to an aromatic ring is 1. The number of hydrogen-bond donors (Lipinski definition) is 1. The molecule has 0 saturated heterocycles. The van der Waals surface area contributed by atoms with Crippen molar-refractivity contribution in [3.8, 4) is 0 Å². The molecule has 86 valence electrons. The van der Waals surface area contributed by atoms with Gasteiger partial charge in [0.2, 0.25) is 0 Å². The Morgan fingerprint density at radius 3 is 2.41 bits per heavy atom. The number of benzene rings is 2. The lowest BCUT2D eigenvalue weighted by Crippen LogP contribution is -2.06. The molecule has 0 radical (unpaired) electrons. The highest BCUT2D eigenvalue weighted by atomic mass is 35.5. The van der Waals surface area contributed by atoms with Crippen LogP contribution in [0.3, 0.4) is 0 Å². The zero-order chi connectivity index (χ0) is 12.4. The van der Waals surface area contributed by atoms with Crippen molar-refractivity contribution in [1.82, 2.24) is 0 Å². The minimum atomic E-state index is -0.0969. The van der Waals surface area contributed by atoms with Gasteiger partial charge in [-0.15, -0.1) is 0 Å². The zero-order valence-electron chi connectivity index (χ0n) is 9.41. The molecule has 3 heteroatoms. The first-order valence-corrected chi connectivity index (χ1v) is 5.63. The number of carbonyl (C=O) groups is 1. The average molecular weight is 246 g/mol. The summed E-state index contributed by atoms with van der Waals surface area (Å²) in [5.41, 5.74) is 8.29. The molecule has 0 spiro atoms. The Hall–Kier alpha value is -1.80. The monoisotopic (exact) mass is 245 g/mol. The van der Waals surface area contributed by atoms with Gasteiger partial charge in [-0.1, -0.05) is 35.9 Å². The Kier molecular flexibility index (Phi) is 3.16. The van der Waals surface area contributed by atoms with Crippen molar-refractivity contribution < 1.29 is 4.79 Å². The molecule has 2 rings (SSSR count). The van der Waals surface area contributed by atoms with Crippen molar-refractivity contribution in [2.45, 2.75) is 6.92 Å². The molecule has 0 atom stereocenters. The maximum absolute atomic E-state index is 12.3. The fourth-order valence-electron chi connectivity index (χ4n) is 1.69. The molecule has 2 aromatic rings. The Labute approximate surface area is 105 Å². The van der Waals surface area contributed by atoms with Crippen molar-refractivity contribution in [3.05, 3.63) is 64.2 Å². The van der Waals surface area contributed by atoms with Crippen molar-refractivity contribution in [2.24, 2.45) is 0 Å². The lowest BCUT2D eigenvalue weighted by atomic mass is 9.98. The molecule has 0 fully saturated rings. The van der Waals surface area contributed by atoms with Gasteiger partial charge >= 0.3 is 0 Å². The Balaban J connectivity index is 2.52. The lowest BCUT2D eigenvalue weighted by molar-refractivity contribution is 0.103. The van der Waals surface area contributed by atoms with Crippen LogP contribution in [0.2, 0.25) is 5.02 Å². The first kappa shape index (κ1) is 11.7. The van der Waals surface area contributed by atoms with Crippen LogP contribution in [0.5, 0.6) is 0 Å². The van der Waals surface area contributed by atoms with Crippen LogP contribution in [0.15, 0.2) is 42.5 Å². The van der Waals surface area contributed by atoms with Gasteiger partial charge in [-0.2, -0.15) is 0 Å². The van der Waals surface area contributed by atoms with Gasteiger partial charge in [-0.05, 0) is 30.7 Å². The molecule has 0 heterocycles. The molecule has 0 aliphatic rings. The lowest BCUT2D eigenvalue weighted by Gasteiger charge is -2.08. The Bertz CT molecular complexity index is 578. The molecule has 2 nitrogen and oxygen atoms in total. The number of rotatable bonds is 2. The third kappa shape index (κ3) is 2.17. The van der Waals surface area contributed by atoms with Crippen LogP contribution in [-0.2, 0) is 0 Å². The third-order valence-electron chi connectivity index (χ3n) is 2.74. The summed E-state index contributed by atoms with van der Waals surface area (Å²) < 4.78 is 0. The molecule has 0 unspecified atom stereocenters. The third-order valence-corrected chi connectivity index (χ3v) is 3.07. The predicted octanol–water partition coefficient (Wildman–Crippen LogP) is 3.46. The second-order valence-electron chi connectivity index (χ2n) is 3.83. The van der Waals surface area contributed by atoms with E-state index in [0.29, 0.717) is 21.8 Å². The van der Waals surface area contributed by atoms with Crippen LogP contribution in [0, 0.1) is 6.92 Å². The summed E-state index contributed by atoms with van der Waals surface area (Å²) in [6.45, 7) is 1.83. The number of hydrogen-bond acceptors (Lipinski definition) is 2. The summed E-state index contributed by atoms with van der Waals surface area (Å²) in [4.78, 5) is 12.3. The van der Waals surface area contributed by atoms with Crippen molar-refractivity contribution in [2.75, 3.05) is 5.73 Å². The van der Waals surface area contributed by atoms with Gasteiger partial charge in [-0.25, -0.2) is 0 Å². The highest BCUT2D eigenvalue weighted by Gasteiger charge is 2.15. The number of nitrogens with two attached hydrogens (primary N) is 1. The second kappa shape index (κ2) is 4.60. The molecule has 0 aliphatic carbocycles. The standard InChI is InChI=1S/C14H12ClNO/c1-9-10(6-4-8-13(9)16)14(17)11-5-2-3-7-12(11)15/h2-8H,16H2,1H3. The predicted molar refractivity (Wildman–Crippen MR) is 70.5 cm³/mol. The Morgan fingerprint density at radius 2 is 1.71 bits per heavy atom. The van der Waals surface area contributed by atoms with Crippen LogP contribution in [0.25, 0.3) is 0 Å². The van der Waals surface area contributed by atoms with E-state index in [1.807, 2.05) is 6.92 Å². The van der Waals surface area contributed by atoms with Gasteiger partial charge in [0.1, 0.15) is 0 Å². The van der Waals surface area contributed by atoms with Crippen molar-refractivity contribution in [3.63, 3.8) is 0 Å². The van der Waals surface area contributed by atoms with E-state index in [-0.39, 0.29) is 5.78 Å². The van der Waals surface area contributed by atoms with Gasteiger partial charge in [0.25, 0.3) is 0 Å². The molecular formula is C14H12ClNO. The minimum absolute atomic E-state index is 0.0969. The van der Waals surface area contributed by atoms with E-state index in [4.69, 9.17) is 17.3 Å². The second-order valence-corrected chi connectivity index (χ2v) is 4.24. The van der Waals surface area contributed by atoms with Gasteiger partial charge in [0, 0.05) is 16.8 Å². The molecule has 17 heavy (non-hydrogen) atoms. The summed E-state index contributed by atoms with van der Waals surface area (Å²) in [6.07, 6.45) is 0. The largest absolute Gasteiger partial charge is 0.398 e. The van der Waals surface area contributed by atoms with Crippen molar-refractivity contribution in [1.29, 1.82) is 0 Å². The van der Waals surface area contributed by atoms with E-state index < -0.39 is 0 Å². The molecule has 0 aliphatic heterocycles. The van der Waals surface area contributed by atoms with Crippen LogP contribution in [-0.4, -0.2) is 5.78 Å². The molecule has 2 aromatic carbocycles. The van der Waals surface area contributed by atoms with E-state index in [9.17, 15) is 4.79 Å². The van der Waals surface area contributed by atoms with E-state index >= 15 is 0 Å². The maximum Gasteiger partial charge on any atom is 0.194 e. The molecule has 2 N–H and O–H groups in total. The Morgan fingerprint density at radius 1 is 1.06 bits per heavy atom.